The van der Waals surface area contributed by atoms with Gasteiger partial charge in [-0.05, 0) is 43.7 Å². The molecule has 0 radical (unpaired) electrons. The van der Waals surface area contributed by atoms with Crippen molar-refractivity contribution in [3.05, 3.63) is 69.9 Å². The lowest BCUT2D eigenvalue weighted by Crippen LogP contribution is -2.45. The lowest BCUT2D eigenvalue weighted by Gasteiger charge is -2.33. The quantitative estimate of drug-likeness (QED) is 0.724. The lowest BCUT2D eigenvalue weighted by atomic mass is 10.1. The van der Waals surface area contributed by atoms with E-state index in [9.17, 15) is 18.8 Å². The zero-order valence-electron chi connectivity index (χ0n) is 17.2. The Morgan fingerprint density at radius 3 is 2.67 bits per heavy atom. The maximum atomic E-state index is 13.5. The number of ether oxygens (including phenoxy) is 1. The van der Waals surface area contributed by atoms with E-state index < -0.39 is 17.6 Å². The number of aromatic nitrogens is 1. The second-order valence-corrected chi connectivity index (χ2v) is 7.09. The van der Waals surface area contributed by atoms with Crippen molar-refractivity contribution in [3.8, 4) is 0 Å². The molecule has 7 nitrogen and oxygen atoms in total. The van der Waals surface area contributed by atoms with Gasteiger partial charge in [0, 0.05) is 25.8 Å². The van der Waals surface area contributed by atoms with Gasteiger partial charge in [0.25, 0.3) is 11.5 Å². The molecule has 0 saturated carbocycles. The molecule has 1 aromatic carbocycles. The van der Waals surface area contributed by atoms with Gasteiger partial charge >= 0.3 is 0 Å². The van der Waals surface area contributed by atoms with Crippen molar-refractivity contribution in [3.63, 3.8) is 0 Å². The van der Waals surface area contributed by atoms with Gasteiger partial charge in [-0.3, -0.25) is 14.4 Å². The molecule has 1 saturated heterocycles. The van der Waals surface area contributed by atoms with Gasteiger partial charge in [0.05, 0.1) is 13.2 Å². The van der Waals surface area contributed by atoms with Gasteiger partial charge in [-0.1, -0.05) is 12.1 Å². The molecular weight excluding hydrogens is 389 g/mol. The van der Waals surface area contributed by atoms with Crippen LogP contribution in [0.2, 0.25) is 0 Å². The van der Waals surface area contributed by atoms with Crippen LogP contribution in [0.5, 0.6) is 0 Å². The molecule has 8 heteroatoms. The van der Waals surface area contributed by atoms with E-state index in [0.29, 0.717) is 25.2 Å². The van der Waals surface area contributed by atoms with Crippen molar-refractivity contribution < 1.29 is 18.7 Å². The standard InChI is InChI=1S/C22H26FN3O4/c1-3-24(4-2)20(27)15-25-10-6-9-18(21(25)28)22(29)26-11-12-30-19(14-26)16-7-5-8-17(23)13-16/h5-10,13,19H,3-4,11-12,14-15H2,1-2H3. The van der Waals surface area contributed by atoms with Crippen molar-refractivity contribution in [2.75, 3.05) is 32.8 Å². The lowest BCUT2D eigenvalue weighted by molar-refractivity contribution is -0.131. The summed E-state index contributed by atoms with van der Waals surface area (Å²) in [5, 5.41) is 0. The molecule has 1 unspecified atom stereocenters. The molecule has 2 amide bonds. The van der Waals surface area contributed by atoms with Gasteiger partial charge < -0.3 is 19.1 Å². The van der Waals surface area contributed by atoms with E-state index in [-0.39, 0.29) is 37.0 Å². The fraction of sp³-hybridized carbons (Fsp3) is 0.409. The average molecular weight is 415 g/mol. The first-order valence-electron chi connectivity index (χ1n) is 10.1. The number of benzene rings is 1. The van der Waals surface area contributed by atoms with Crippen molar-refractivity contribution >= 4 is 11.8 Å². The predicted molar refractivity (Wildman–Crippen MR) is 110 cm³/mol. The SMILES string of the molecule is CCN(CC)C(=O)Cn1cccc(C(=O)N2CCOC(c3cccc(F)c3)C2)c1=O. The van der Waals surface area contributed by atoms with Crippen LogP contribution < -0.4 is 5.56 Å². The van der Waals surface area contributed by atoms with E-state index >= 15 is 0 Å². The summed E-state index contributed by atoms with van der Waals surface area (Å²) >= 11 is 0. The summed E-state index contributed by atoms with van der Waals surface area (Å²) in [4.78, 5) is 41.4. The summed E-state index contributed by atoms with van der Waals surface area (Å²) in [7, 11) is 0. The second-order valence-electron chi connectivity index (χ2n) is 7.09. The molecule has 160 valence electrons. The van der Waals surface area contributed by atoms with Crippen LogP contribution in [-0.4, -0.2) is 59.0 Å². The van der Waals surface area contributed by atoms with E-state index in [1.807, 2.05) is 13.8 Å². The van der Waals surface area contributed by atoms with E-state index in [1.54, 1.807) is 23.1 Å². The Hall–Kier alpha value is -3.00. The van der Waals surface area contributed by atoms with Gasteiger partial charge in [0.1, 0.15) is 24.0 Å². The van der Waals surface area contributed by atoms with Gasteiger partial charge in [0.15, 0.2) is 0 Å². The maximum Gasteiger partial charge on any atom is 0.263 e. The Morgan fingerprint density at radius 1 is 1.20 bits per heavy atom. The molecule has 1 fully saturated rings. The third kappa shape index (κ3) is 4.76. The van der Waals surface area contributed by atoms with Crippen LogP contribution in [0.1, 0.15) is 35.9 Å². The monoisotopic (exact) mass is 415 g/mol. The molecule has 2 heterocycles. The van der Waals surface area contributed by atoms with Gasteiger partial charge in [-0.15, -0.1) is 0 Å². The third-order valence-electron chi connectivity index (χ3n) is 5.25. The number of rotatable bonds is 6. The zero-order valence-corrected chi connectivity index (χ0v) is 17.2. The number of pyridine rings is 1. The number of amides is 2. The molecule has 1 aliphatic rings. The third-order valence-corrected chi connectivity index (χ3v) is 5.25. The number of carbonyl (C=O) groups is 2. The molecule has 0 spiro atoms. The van der Waals surface area contributed by atoms with E-state index in [0.717, 1.165) is 0 Å². The second kappa shape index (κ2) is 9.67. The van der Waals surface area contributed by atoms with E-state index in [4.69, 9.17) is 4.74 Å². The van der Waals surface area contributed by atoms with Crippen LogP contribution in [0.15, 0.2) is 47.4 Å². The number of likely N-dealkylation sites (N-methyl/N-ethyl adjacent to an activating group) is 1. The molecular formula is C22H26FN3O4. The highest BCUT2D eigenvalue weighted by Gasteiger charge is 2.28. The first-order valence-corrected chi connectivity index (χ1v) is 10.1. The van der Waals surface area contributed by atoms with Crippen molar-refractivity contribution in [2.45, 2.75) is 26.5 Å². The fourth-order valence-corrected chi connectivity index (χ4v) is 3.56. The topological polar surface area (TPSA) is 71.8 Å². The highest BCUT2D eigenvalue weighted by atomic mass is 19.1. The van der Waals surface area contributed by atoms with Crippen molar-refractivity contribution in [1.82, 2.24) is 14.4 Å². The van der Waals surface area contributed by atoms with Crippen LogP contribution in [0, 0.1) is 5.82 Å². The van der Waals surface area contributed by atoms with Crippen LogP contribution in [0.25, 0.3) is 0 Å². The predicted octanol–water partition coefficient (Wildman–Crippen LogP) is 2.07. The Morgan fingerprint density at radius 2 is 1.97 bits per heavy atom. The normalized spacial score (nSPS) is 16.4. The Bertz CT molecular complexity index is 971. The number of carbonyl (C=O) groups excluding carboxylic acids is 2. The molecule has 0 N–H and O–H groups in total. The minimum Gasteiger partial charge on any atom is -0.370 e. The summed E-state index contributed by atoms with van der Waals surface area (Å²) in [5.41, 5.74) is 0.143. The number of halogens is 1. The minimum atomic E-state index is -0.503. The highest BCUT2D eigenvalue weighted by molar-refractivity contribution is 5.94. The van der Waals surface area contributed by atoms with E-state index in [2.05, 4.69) is 0 Å². The first kappa shape index (κ1) is 21.7. The van der Waals surface area contributed by atoms with Gasteiger partial charge in [-0.25, -0.2) is 4.39 Å². The average Bonchev–Trinajstić information content (AvgIpc) is 2.76. The summed E-state index contributed by atoms with van der Waals surface area (Å²) in [6, 6.07) is 9.13. The molecule has 30 heavy (non-hydrogen) atoms. The number of nitrogens with zero attached hydrogens (tertiary/aromatic N) is 3. The highest BCUT2D eigenvalue weighted by Crippen LogP contribution is 2.23. The summed E-state index contributed by atoms with van der Waals surface area (Å²) in [5.74, 6) is -0.970. The molecule has 1 atom stereocenters. The summed E-state index contributed by atoms with van der Waals surface area (Å²) in [6.07, 6.45) is 1.05. The zero-order chi connectivity index (χ0) is 21.7. The van der Waals surface area contributed by atoms with Crippen LogP contribution in [0.4, 0.5) is 4.39 Å². The maximum absolute atomic E-state index is 13.5. The number of morpholine rings is 1. The van der Waals surface area contributed by atoms with E-state index in [1.165, 1.54) is 33.9 Å². The molecule has 2 aromatic rings. The molecule has 3 rings (SSSR count). The molecule has 0 bridgehead atoms. The Kier molecular flexibility index (Phi) is 6.99. The molecule has 1 aromatic heterocycles. The molecule has 1 aliphatic heterocycles. The van der Waals surface area contributed by atoms with Crippen molar-refractivity contribution in [2.24, 2.45) is 0 Å². The molecule has 0 aliphatic carbocycles. The van der Waals surface area contributed by atoms with Crippen LogP contribution in [0.3, 0.4) is 0 Å². The van der Waals surface area contributed by atoms with Crippen LogP contribution >= 0.6 is 0 Å². The van der Waals surface area contributed by atoms with Gasteiger partial charge in [-0.2, -0.15) is 0 Å². The number of hydrogen-bond acceptors (Lipinski definition) is 4. The summed E-state index contributed by atoms with van der Waals surface area (Å²) < 4.78 is 20.5. The Balaban J connectivity index is 1.78. The minimum absolute atomic E-state index is 0.00439. The fourth-order valence-electron chi connectivity index (χ4n) is 3.56. The van der Waals surface area contributed by atoms with Crippen molar-refractivity contribution in [1.29, 1.82) is 0 Å². The smallest absolute Gasteiger partial charge is 0.263 e. The van der Waals surface area contributed by atoms with Crippen LogP contribution in [-0.2, 0) is 16.1 Å². The van der Waals surface area contributed by atoms with Gasteiger partial charge in [0.2, 0.25) is 5.91 Å². The first-order chi connectivity index (χ1) is 14.4. The largest absolute Gasteiger partial charge is 0.370 e. The Labute approximate surface area is 174 Å². The number of hydrogen-bond donors (Lipinski definition) is 0. The summed E-state index contributed by atoms with van der Waals surface area (Å²) in [6.45, 7) is 5.57.